The Kier molecular flexibility index (Phi) is 3.73. The number of ether oxygens (including phenoxy) is 2. The lowest BCUT2D eigenvalue weighted by Gasteiger charge is -2.06. The minimum Gasteiger partial charge on any atom is -0.467 e. The van der Waals surface area contributed by atoms with Crippen LogP contribution in [0.15, 0.2) is 24.3 Å². The van der Waals surface area contributed by atoms with Crippen LogP contribution in [0.1, 0.15) is 5.56 Å². The fourth-order valence-corrected chi connectivity index (χ4v) is 1.29. The molecule has 0 atom stereocenters. The van der Waals surface area contributed by atoms with Gasteiger partial charge >= 0.3 is 12.0 Å². The highest BCUT2D eigenvalue weighted by Gasteiger charge is 2.07. The van der Waals surface area contributed by atoms with E-state index in [2.05, 4.69) is 20.3 Å². The van der Waals surface area contributed by atoms with Gasteiger partial charge in [-0.25, -0.2) is 0 Å². The lowest BCUT2D eigenvalue weighted by atomic mass is 10.2. The van der Waals surface area contributed by atoms with Crippen molar-refractivity contribution in [3.8, 4) is 23.8 Å². The minimum absolute atomic E-state index is 0.112. The lowest BCUT2D eigenvalue weighted by Crippen LogP contribution is -2.03. The molecule has 0 unspecified atom stereocenters. The average Bonchev–Trinajstić information content (AvgIpc) is 2.47. The van der Waals surface area contributed by atoms with Crippen LogP contribution in [0.25, 0.3) is 0 Å². The lowest BCUT2D eigenvalue weighted by molar-refractivity contribution is 0.360. The summed E-state index contributed by atoms with van der Waals surface area (Å²) < 4.78 is 10.4. The van der Waals surface area contributed by atoms with E-state index in [1.54, 1.807) is 31.3 Å². The van der Waals surface area contributed by atoms with Gasteiger partial charge in [0.2, 0.25) is 5.95 Å². The number of nitrogens with zero attached hydrogens (tertiary/aromatic N) is 4. The van der Waals surface area contributed by atoms with E-state index in [-0.39, 0.29) is 12.0 Å². The summed E-state index contributed by atoms with van der Waals surface area (Å²) in [5, 5.41) is 11.5. The quantitative estimate of drug-likeness (QED) is 0.888. The summed E-state index contributed by atoms with van der Waals surface area (Å²) in [6, 6.07) is 8.91. The van der Waals surface area contributed by atoms with Crippen molar-refractivity contribution in [3.63, 3.8) is 0 Å². The zero-order valence-corrected chi connectivity index (χ0v) is 10.4. The molecule has 0 bridgehead atoms. The number of methoxy groups -OCH3 is 1. The van der Waals surface area contributed by atoms with Gasteiger partial charge in [0, 0.05) is 7.05 Å². The highest BCUT2D eigenvalue weighted by atomic mass is 16.5. The number of nitriles is 1. The molecule has 2 aromatic rings. The molecule has 0 aliphatic rings. The number of hydrogen-bond acceptors (Lipinski definition) is 7. The van der Waals surface area contributed by atoms with E-state index in [9.17, 15) is 0 Å². The highest BCUT2D eigenvalue weighted by Crippen LogP contribution is 2.20. The maximum absolute atomic E-state index is 8.71. The predicted octanol–water partition coefficient (Wildman–Crippen LogP) is 1.59. The summed E-state index contributed by atoms with van der Waals surface area (Å²) in [5.74, 6) is 0.866. The first-order valence-electron chi connectivity index (χ1n) is 5.41. The van der Waals surface area contributed by atoms with E-state index in [1.807, 2.05) is 6.07 Å². The van der Waals surface area contributed by atoms with Crippen molar-refractivity contribution < 1.29 is 9.47 Å². The summed E-state index contributed by atoms with van der Waals surface area (Å²) in [7, 11) is 3.14. The third kappa shape index (κ3) is 3.07. The van der Waals surface area contributed by atoms with E-state index in [1.165, 1.54) is 7.11 Å². The monoisotopic (exact) mass is 257 g/mol. The molecule has 0 spiro atoms. The number of rotatable bonds is 4. The van der Waals surface area contributed by atoms with Crippen molar-refractivity contribution in [1.29, 1.82) is 5.26 Å². The van der Waals surface area contributed by atoms with Crippen LogP contribution < -0.4 is 14.8 Å². The standard InChI is InChI=1S/C12H11N5O2/c1-14-10-15-11(18-2)17-12(16-10)19-9-5-3-8(7-13)4-6-9/h3-6H,1-2H3,(H,14,15,16,17). The molecule has 0 amide bonds. The van der Waals surface area contributed by atoms with Gasteiger partial charge in [0.15, 0.2) is 0 Å². The molecule has 19 heavy (non-hydrogen) atoms. The summed E-state index contributed by atoms with van der Waals surface area (Å²) >= 11 is 0. The van der Waals surface area contributed by atoms with Crippen molar-refractivity contribution in [2.75, 3.05) is 19.5 Å². The predicted molar refractivity (Wildman–Crippen MR) is 67.2 cm³/mol. The van der Waals surface area contributed by atoms with E-state index >= 15 is 0 Å². The van der Waals surface area contributed by atoms with E-state index < -0.39 is 0 Å². The normalized spacial score (nSPS) is 9.53. The minimum atomic E-state index is 0.112. The first kappa shape index (κ1) is 12.6. The fourth-order valence-electron chi connectivity index (χ4n) is 1.29. The Balaban J connectivity index is 2.24. The molecule has 7 heteroatoms. The second-order valence-electron chi connectivity index (χ2n) is 3.42. The maximum atomic E-state index is 8.71. The van der Waals surface area contributed by atoms with Crippen LogP contribution in [0, 0.1) is 11.3 Å². The molecule has 1 heterocycles. The molecule has 0 saturated carbocycles. The van der Waals surface area contributed by atoms with Gasteiger partial charge in [-0.15, -0.1) is 4.98 Å². The van der Waals surface area contributed by atoms with E-state index in [4.69, 9.17) is 14.7 Å². The van der Waals surface area contributed by atoms with Crippen molar-refractivity contribution in [2.24, 2.45) is 0 Å². The van der Waals surface area contributed by atoms with Crippen molar-refractivity contribution in [3.05, 3.63) is 29.8 Å². The summed E-state index contributed by atoms with van der Waals surface area (Å²) in [6.07, 6.45) is 0. The molecule has 1 aromatic carbocycles. The maximum Gasteiger partial charge on any atom is 0.330 e. The number of benzene rings is 1. The third-order valence-electron chi connectivity index (χ3n) is 2.19. The van der Waals surface area contributed by atoms with Crippen LogP contribution in [0.4, 0.5) is 5.95 Å². The van der Waals surface area contributed by atoms with Gasteiger partial charge in [0.25, 0.3) is 0 Å². The Bertz CT molecular complexity index is 584. The van der Waals surface area contributed by atoms with Gasteiger partial charge < -0.3 is 14.8 Å². The molecule has 1 N–H and O–H groups in total. The molecule has 0 aliphatic heterocycles. The van der Waals surface area contributed by atoms with Crippen LogP contribution in [0.2, 0.25) is 0 Å². The molecule has 96 valence electrons. The third-order valence-corrected chi connectivity index (χ3v) is 2.19. The molecule has 0 saturated heterocycles. The summed E-state index contributed by atoms with van der Waals surface area (Å²) in [4.78, 5) is 12.0. The zero-order valence-electron chi connectivity index (χ0n) is 10.4. The van der Waals surface area contributed by atoms with Gasteiger partial charge in [0.1, 0.15) is 5.75 Å². The Labute approximate surface area is 109 Å². The van der Waals surface area contributed by atoms with Crippen LogP contribution in [-0.2, 0) is 0 Å². The average molecular weight is 257 g/mol. The van der Waals surface area contributed by atoms with Crippen LogP contribution >= 0.6 is 0 Å². The Morgan fingerprint density at radius 1 is 1.11 bits per heavy atom. The Morgan fingerprint density at radius 2 is 1.79 bits per heavy atom. The largest absolute Gasteiger partial charge is 0.467 e. The molecule has 0 radical (unpaired) electrons. The molecule has 1 aromatic heterocycles. The number of anilines is 1. The van der Waals surface area contributed by atoms with Gasteiger partial charge in [0.05, 0.1) is 18.7 Å². The number of nitrogens with one attached hydrogen (secondary N) is 1. The molecule has 0 fully saturated rings. The van der Waals surface area contributed by atoms with Crippen molar-refractivity contribution in [1.82, 2.24) is 15.0 Å². The van der Waals surface area contributed by atoms with E-state index in [0.717, 1.165) is 0 Å². The molecule has 7 nitrogen and oxygen atoms in total. The Morgan fingerprint density at radius 3 is 2.37 bits per heavy atom. The van der Waals surface area contributed by atoms with Gasteiger partial charge in [-0.3, -0.25) is 0 Å². The van der Waals surface area contributed by atoms with Crippen LogP contribution in [-0.4, -0.2) is 29.1 Å². The fraction of sp³-hybridized carbons (Fsp3) is 0.167. The molecular weight excluding hydrogens is 246 g/mol. The van der Waals surface area contributed by atoms with Gasteiger partial charge in [-0.1, -0.05) is 0 Å². The van der Waals surface area contributed by atoms with Gasteiger partial charge in [-0.2, -0.15) is 15.2 Å². The SMILES string of the molecule is CNc1nc(OC)nc(Oc2ccc(C#N)cc2)n1. The molecule has 2 rings (SSSR count). The van der Waals surface area contributed by atoms with Crippen molar-refractivity contribution >= 4 is 5.95 Å². The van der Waals surface area contributed by atoms with Crippen molar-refractivity contribution in [2.45, 2.75) is 0 Å². The smallest absolute Gasteiger partial charge is 0.330 e. The number of aromatic nitrogens is 3. The highest BCUT2D eigenvalue weighted by molar-refractivity contribution is 5.36. The molecule has 0 aliphatic carbocycles. The Hall–Kier alpha value is -2.88. The first-order chi connectivity index (χ1) is 9.25. The summed E-state index contributed by atoms with van der Waals surface area (Å²) in [5.41, 5.74) is 0.552. The first-order valence-corrected chi connectivity index (χ1v) is 5.41. The van der Waals surface area contributed by atoms with E-state index in [0.29, 0.717) is 17.3 Å². The van der Waals surface area contributed by atoms with Crippen LogP contribution in [0.3, 0.4) is 0 Å². The summed E-state index contributed by atoms with van der Waals surface area (Å²) in [6.45, 7) is 0. The molecular formula is C12H11N5O2. The topological polar surface area (TPSA) is 93.0 Å². The zero-order chi connectivity index (χ0) is 13.7. The van der Waals surface area contributed by atoms with Crippen LogP contribution in [0.5, 0.6) is 17.8 Å². The second kappa shape index (κ2) is 5.64. The number of hydrogen-bond donors (Lipinski definition) is 1. The second-order valence-corrected chi connectivity index (χ2v) is 3.42. The van der Waals surface area contributed by atoms with Gasteiger partial charge in [-0.05, 0) is 24.3 Å².